The Balaban J connectivity index is 0.00000204. The summed E-state index contributed by atoms with van der Waals surface area (Å²) in [5.41, 5.74) is 6.92. The van der Waals surface area contributed by atoms with E-state index in [1.807, 2.05) is 0 Å². The number of aromatic nitrogens is 2. The molecule has 2 heterocycles. The van der Waals surface area contributed by atoms with E-state index in [0.717, 1.165) is 11.1 Å². The third-order valence-electron chi connectivity index (χ3n) is 5.21. The Labute approximate surface area is 223 Å². The molecule has 2 nitrogen and oxygen atoms in total. The van der Waals surface area contributed by atoms with E-state index in [9.17, 15) is 0 Å². The average Bonchev–Trinajstić information content (AvgIpc) is 2.83. The van der Waals surface area contributed by atoms with Gasteiger partial charge in [0.05, 0.1) is 0 Å². The number of halogens is 2. The van der Waals surface area contributed by atoms with Crippen LogP contribution in [0.25, 0.3) is 11.1 Å². The molecule has 0 fully saturated rings. The minimum Gasteiger partial charge on any atom is -1.00 e. The maximum absolute atomic E-state index is 3.24. The number of hydrogen-bond acceptors (Lipinski definition) is 0. The zero-order valence-electron chi connectivity index (χ0n) is 19.3. The van der Waals surface area contributed by atoms with Gasteiger partial charge in [0, 0.05) is 35.4 Å². The van der Waals surface area contributed by atoms with Crippen molar-refractivity contribution in [1.29, 1.82) is 0 Å². The van der Waals surface area contributed by atoms with Gasteiger partial charge >= 0.3 is 0 Å². The number of hydrogen-bond donors (Lipinski definition) is 0. The van der Waals surface area contributed by atoms with Crippen molar-refractivity contribution in [2.45, 2.75) is 26.9 Å². The zero-order chi connectivity index (χ0) is 22.2. The SMILES string of the molecule is Cc1cc[n+](CC#Cc2ccc(-c3ccc(C#CC[n+]4ccc(C)cc4)cc3)cc2)cc1.[Br-].[Br-]. The molecule has 170 valence electrons. The highest BCUT2D eigenvalue weighted by atomic mass is 79.9. The lowest BCUT2D eigenvalue weighted by Gasteiger charge is -2.02. The van der Waals surface area contributed by atoms with Crippen molar-refractivity contribution < 1.29 is 43.1 Å². The van der Waals surface area contributed by atoms with E-state index < -0.39 is 0 Å². The standard InChI is InChI=1S/C30H26N2.2BrH/c1-25-15-21-31(22-16-25)19-3-5-27-7-11-29(12-8-27)30-13-9-28(10-14-30)6-4-20-32-23-17-26(2)18-24-32;;/h7-18,21-24H,19-20H2,1-2H3;2*1H/q+2;;/p-2. The van der Waals surface area contributed by atoms with E-state index in [2.05, 4.69) is 144 Å². The van der Waals surface area contributed by atoms with Crippen molar-refractivity contribution in [3.63, 3.8) is 0 Å². The van der Waals surface area contributed by atoms with Gasteiger partial charge < -0.3 is 34.0 Å². The van der Waals surface area contributed by atoms with Gasteiger partial charge in [0.2, 0.25) is 13.1 Å². The molecule has 0 spiro atoms. The highest BCUT2D eigenvalue weighted by molar-refractivity contribution is 5.65. The van der Waals surface area contributed by atoms with Crippen LogP contribution in [0.1, 0.15) is 22.3 Å². The van der Waals surface area contributed by atoms with Crippen molar-refractivity contribution in [3.8, 4) is 34.8 Å². The molecule has 4 heteroatoms. The molecule has 2 aromatic carbocycles. The Morgan fingerprint density at radius 1 is 0.500 bits per heavy atom. The van der Waals surface area contributed by atoms with Crippen LogP contribution in [-0.4, -0.2) is 0 Å². The molecule has 0 aliphatic carbocycles. The van der Waals surface area contributed by atoms with Crippen molar-refractivity contribution >= 4 is 0 Å². The number of aryl methyl sites for hydroxylation is 2. The first-order valence-electron chi connectivity index (χ1n) is 10.8. The van der Waals surface area contributed by atoms with E-state index in [0.29, 0.717) is 13.1 Å². The number of benzene rings is 2. The number of nitrogens with zero attached hydrogens (tertiary/aromatic N) is 2. The van der Waals surface area contributed by atoms with Crippen LogP contribution < -0.4 is 43.1 Å². The second-order valence-corrected chi connectivity index (χ2v) is 7.85. The quantitative estimate of drug-likeness (QED) is 0.212. The summed E-state index contributed by atoms with van der Waals surface area (Å²) < 4.78 is 4.16. The largest absolute Gasteiger partial charge is 1.00 e. The van der Waals surface area contributed by atoms with Crippen molar-refractivity contribution in [3.05, 3.63) is 120 Å². The van der Waals surface area contributed by atoms with Crippen LogP contribution in [0.4, 0.5) is 0 Å². The lowest BCUT2D eigenvalue weighted by atomic mass is 10.0. The fourth-order valence-electron chi connectivity index (χ4n) is 3.23. The highest BCUT2D eigenvalue weighted by Crippen LogP contribution is 2.20. The predicted molar refractivity (Wildman–Crippen MR) is 128 cm³/mol. The molecule has 0 atom stereocenters. The van der Waals surface area contributed by atoms with Crippen LogP contribution in [0, 0.1) is 37.5 Å². The molecule has 0 unspecified atom stereocenters. The summed E-state index contributed by atoms with van der Waals surface area (Å²) in [4.78, 5) is 0. The first-order valence-corrected chi connectivity index (χ1v) is 10.8. The molecule has 0 bridgehead atoms. The first kappa shape index (κ1) is 27.1. The summed E-state index contributed by atoms with van der Waals surface area (Å²) in [7, 11) is 0. The summed E-state index contributed by atoms with van der Waals surface area (Å²) in [5.74, 6) is 13.0. The van der Waals surface area contributed by atoms with Crippen molar-refractivity contribution in [2.24, 2.45) is 0 Å². The Kier molecular flexibility index (Phi) is 10.8. The maximum atomic E-state index is 3.24. The average molecular weight is 574 g/mol. The molecular formula is C30H26Br2N2. The summed E-state index contributed by atoms with van der Waals surface area (Å²) in [6, 6.07) is 25.2. The Bertz CT molecular complexity index is 1200. The first-order chi connectivity index (χ1) is 15.7. The fraction of sp³-hybridized carbons (Fsp3) is 0.133. The number of pyridine rings is 2. The van der Waals surface area contributed by atoms with E-state index in [1.54, 1.807) is 0 Å². The Morgan fingerprint density at radius 2 is 0.824 bits per heavy atom. The van der Waals surface area contributed by atoms with Gasteiger partial charge in [-0.25, -0.2) is 0 Å². The van der Waals surface area contributed by atoms with Gasteiger partial charge in [-0.05, 0) is 72.2 Å². The van der Waals surface area contributed by atoms with E-state index in [1.165, 1.54) is 22.3 Å². The fourth-order valence-corrected chi connectivity index (χ4v) is 3.23. The second kappa shape index (κ2) is 13.5. The molecule has 0 saturated carbocycles. The van der Waals surface area contributed by atoms with Crippen LogP contribution in [0.15, 0.2) is 97.6 Å². The molecule has 0 amide bonds. The van der Waals surface area contributed by atoms with Gasteiger partial charge in [0.1, 0.15) is 0 Å². The Hall–Kier alpha value is -3.18. The van der Waals surface area contributed by atoms with Gasteiger partial charge in [0.15, 0.2) is 24.8 Å². The van der Waals surface area contributed by atoms with Gasteiger partial charge in [-0.3, -0.25) is 0 Å². The van der Waals surface area contributed by atoms with Gasteiger partial charge in [0.25, 0.3) is 0 Å². The molecule has 0 aliphatic heterocycles. The molecule has 0 saturated heterocycles. The van der Waals surface area contributed by atoms with Crippen molar-refractivity contribution in [2.75, 3.05) is 0 Å². The zero-order valence-corrected chi connectivity index (χ0v) is 22.5. The molecule has 4 aromatic rings. The van der Waals surface area contributed by atoms with Crippen LogP contribution in [-0.2, 0) is 13.1 Å². The van der Waals surface area contributed by atoms with Crippen LogP contribution in [0.2, 0.25) is 0 Å². The van der Waals surface area contributed by atoms with Crippen LogP contribution >= 0.6 is 0 Å². The van der Waals surface area contributed by atoms with E-state index in [4.69, 9.17) is 0 Å². The maximum Gasteiger partial charge on any atom is 0.209 e. The molecule has 0 radical (unpaired) electrons. The highest BCUT2D eigenvalue weighted by Gasteiger charge is 1.99. The summed E-state index contributed by atoms with van der Waals surface area (Å²) in [6.45, 7) is 5.55. The normalized spacial score (nSPS) is 9.35. The summed E-state index contributed by atoms with van der Waals surface area (Å²) in [5, 5.41) is 0. The van der Waals surface area contributed by atoms with E-state index >= 15 is 0 Å². The molecule has 0 N–H and O–H groups in total. The third-order valence-corrected chi connectivity index (χ3v) is 5.21. The Morgan fingerprint density at radius 3 is 1.15 bits per heavy atom. The topological polar surface area (TPSA) is 7.76 Å². The van der Waals surface area contributed by atoms with E-state index in [-0.39, 0.29) is 34.0 Å². The third kappa shape index (κ3) is 7.99. The van der Waals surface area contributed by atoms with Gasteiger partial charge in [-0.2, -0.15) is 9.13 Å². The van der Waals surface area contributed by atoms with Crippen LogP contribution in [0.5, 0.6) is 0 Å². The lowest BCUT2D eigenvalue weighted by Crippen LogP contribution is -3.00. The van der Waals surface area contributed by atoms with Crippen LogP contribution in [0.3, 0.4) is 0 Å². The minimum absolute atomic E-state index is 0. The second-order valence-electron chi connectivity index (χ2n) is 7.85. The minimum atomic E-state index is 0. The van der Waals surface area contributed by atoms with Gasteiger partial charge in [-0.15, -0.1) is 0 Å². The summed E-state index contributed by atoms with van der Waals surface area (Å²) >= 11 is 0. The van der Waals surface area contributed by atoms with Crippen molar-refractivity contribution in [1.82, 2.24) is 0 Å². The molecule has 34 heavy (non-hydrogen) atoms. The smallest absolute Gasteiger partial charge is 0.209 e. The van der Waals surface area contributed by atoms with Gasteiger partial charge in [-0.1, -0.05) is 36.1 Å². The molecule has 0 aliphatic rings. The lowest BCUT2D eigenvalue weighted by molar-refractivity contribution is -0.685. The predicted octanol–water partition coefficient (Wildman–Crippen LogP) is -1.34. The molecule has 4 rings (SSSR count). The monoisotopic (exact) mass is 572 g/mol. The number of rotatable bonds is 3. The molecule has 2 aromatic heterocycles. The summed E-state index contributed by atoms with van der Waals surface area (Å²) in [6.07, 6.45) is 8.23. The molecular weight excluding hydrogens is 548 g/mol.